The van der Waals surface area contributed by atoms with Gasteiger partial charge in [0.15, 0.2) is 0 Å². The number of aryl methyl sites for hydroxylation is 1. The van der Waals surface area contributed by atoms with E-state index < -0.39 is 0 Å². The lowest BCUT2D eigenvalue weighted by molar-refractivity contribution is 0.101. The van der Waals surface area contributed by atoms with Crippen LogP contribution < -0.4 is 11.1 Å². The van der Waals surface area contributed by atoms with E-state index in [2.05, 4.69) is 58.8 Å². The molecule has 6 heteroatoms. The van der Waals surface area contributed by atoms with Gasteiger partial charge in [-0.1, -0.05) is 54.6 Å². The number of benzene rings is 3. The van der Waals surface area contributed by atoms with Gasteiger partial charge in [-0.3, -0.25) is 9.69 Å². The summed E-state index contributed by atoms with van der Waals surface area (Å²) in [5, 5.41) is 7.66. The van der Waals surface area contributed by atoms with E-state index in [1.54, 1.807) is 4.68 Å². The van der Waals surface area contributed by atoms with Gasteiger partial charge in [-0.25, -0.2) is 4.68 Å². The Morgan fingerprint density at radius 2 is 1.77 bits per heavy atom. The maximum absolute atomic E-state index is 13.4. The number of hydrogen-bond donors (Lipinski definition) is 2. The molecule has 0 saturated heterocycles. The maximum Gasteiger partial charge on any atom is 0.274 e. The standard InChI is InChI=1S/C29H31N5O/c1-20-16-27(34(32-20)26-13-6-8-21(17-26)19-30)29(35)31-24-12-7-11-23(18-24)28(33(2)25-14-15-25)22-9-4-3-5-10-22/h3-13,16-18,25,28H,14-15,19,30H2,1-2H3,(H,31,35). The number of carbonyl (C=O) groups is 1. The van der Waals surface area contributed by atoms with Crippen LogP contribution >= 0.6 is 0 Å². The summed E-state index contributed by atoms with van der Waals surface area (Å²) >= 11 is 0. The first-order chi connectivity index (χ1) is 17.0. The largest absolute Gasteiger partial charge is 0.326 e. The molecule has 3 aromatic carbocycles. The highest BCUT2D eigenvalue weighted by molar-refractivity contribution is 6.03. The highest BCUT2D eigenvalue weighted by Gasteiger charge is 2.32. The van der Waals surface area contributed by atoms with Crippen molar-refractivity contribution < 1.29 is 4.79 Å². The zero-order valence-electron chi connectivity index (χ0n) is 20.2. The topological polar surface area (TPSA) is 76.2 Å². The number of nitrogens with zero attached hydrogens (tertiary/aromatic N) is 3. The fraction of sp³-hybridized carbons (Fsp3) is 0.241. The lowest BCUT2D eigenvalue weighted by Crippen LogP contribution is -2.27. The van der Waals surface area contributed by atoms with Gasteiger partial charge in [0.05, 0.1) is 17.4 Å². The van der Waals surface area contributed by atoms with Crippen LogP contribution in [0.15, 0.2) is 84.9 Å². The molecule has 1 aliphatic carbocycles. The minimum absolute atomic E-state index is 0.132. The van der Waals surface area contributed by atoms with Gasteiger partial charge in [-0.05, 0) is 73.8 Å². The smallest absolute Gasteiger partial charge is 0.274 e. The van der Waals surface area contributed by atoms with E-state index in [1.165, 1.54) is 18.4 Å². The predicted molar refractivity (Wildman–Crippen MR) is 140 cm³/mol. The van der Waals surface area contributed by atoms with Crippen LogP contribution in [0.25, 0.3) is 5.69 Å². The van der Waals surface area contributed by atoms with E-state index in [1.807, 2.05) is 55.5 Å². The first kappa shape index (κ1) is 23.0. The molecule has 1 unspecified atom stereocenters. The fourth-order valence-corrected chi connectivity index (χ4v) is 4.65. The Hall–Kier alpha value is -3.74. The molecule has 1 saturated carbocycles. The molecule has 178 valence electrons. The van der Waals surface area contributed by atoms with Crippen LogP contribution in [0.5, 0.6) is 0 Å². The first-order valence-corrected chi connectivity index (χ1v) is 12.1. The van der Waals surface area contributed by atoms with E-state index in [-0.39, 0.29) is 11.9 Å². The van der Waals surface area contributed by atoms with Gasteiger partial charge in [0.2, 0.25) is 0 Å². The Kier molecular flexibility index (Phi) is 6.49. The van der Waals surface area contributed by atoms with Gasteiger partial charge >= 0.3 is 0 Å². The molecule has 1 aliphatic rings. The van der Waals surface area contributed by atoms with Crippen molar-refractivity contribution in [1.82, 2.24) is 14.7 Å². The third-order valence-electron chi connectivity index (χ3n) is 6.56. The van der Waals surface area contributed by atoms with Crippen molar-refractivity contribution in [3.05, 3.63) is 113 Å². The van der Waals surface area contributed by atoms with Gasteiger partial charge in [0, 0.05) is 18.3 Å². The van der Waals surface area contributed by atoms with Crippen LogP contribution in [-0.4, -0.2) is 33.7 Å². The molecule has 1 amide bonds. The highest BCUT2D eigenvalue weighted by Crippen LogP contribution is 2.37. The van der Waals surface area contributed by atoms with Crippen molar-refractivity contribution in [2.24, 2.45) is 5.73 Å². The van der Waals surface area contributed by atoms with Crippen LogP contribution in [-0.2, 0) is 6.54 Å². The van der Waals surface area contributed by atoms with Gasteiger partial charge in [-0.15, -0.1) is 0 Å². The Morgan fingerprint density at radius 1 is 1.03 bits per heavy atom. The van der Waals surface area contributed by atoms with E-state index in [4.69, 9.17) is 5.73 Å². The van der Waals surface area contributed by atoms with Crippen molar-refractivity contribution in [1.29, 1.82) is 0 Å². The summed E-state index contributed by atoms with van der Waals surface area (Å²) in [6.45, 7) is 2.32. The molecule has 6 nitrogen and oxygen atoms in total. The third-order valence-corrected chi connectivity index (χ3v) is 6.56. The number of anilines is 1. The SMILES string of the molecule is Cc1cc(C(=O)Nc2cccc(C(c3ccccc3)N(C)C3CC3)c2)n(-c2cccc(CN)c2)n1. The minimum Gasteiger partial charge on any atom is -0.326 e. The molecule has 4 aromatic rings. The van der Waals surface area contributed by atoms with Crippen molar-refractivity contribution in [3.63, 3.8) is 0 Å². The van der Waals surface area contributed by atoms with Crippen molar-refractivity contribution in [2.75, 3.05) is 12.4 Å². The lowest BCUT2D eigenvalue weighted by Gasteiger charge is -2.29. The Morgan fingerprint density at radius 3 is 2.51 bits per heavy atom. The first-order valence-electron chi connectivity index (χ1n) is 12.1. The summed E-state index contributed by atoms with van der Waals surface area (Å²) < 4.78 is 1.68. The van der Waals surface area contributed by atoms with Gasteiger partial charge < -0.3 is 11.1 Å². The zero-order chi connectivity index (χ0) is 24.4. The minimum atomic E-state index is -0.201. The van der Waals surface area contributed by atoms with Gasteiger partial charge in [0.1, 0.15) is 5.69 Å². The monoisotopic (exact) mass is 465 g/mol. The average Bonchev–Trinajstić information content (AvgIpc) is 3.66. The molecule has 35 heavy (non-hydrogen) atoms. The van der Waals surface area contributed by atoms with Crippen LogP contribution in [0.1, 0.15) is 51.8 Å². The number of rotatable bonds is 8. The lowest BCUT2D eigenvalue weighted by atomic mass is 9.96. The molecule has 1 atom stereocenters. The number of amides is 1. The second kappa shape index (κ2) is 9.86. The van der Waals surface area contributed by atoms with Crippen molar-refractivity contribution in [2.45, 2.75) is 38.4 Å². The molecule has 3 N–H and O–H groups in total. The summed E-state index contributed by atoms with van der Waals surface area (Å²) in [5.41, 5.74) is 12.0. The maximum atomic E-state index is 13.4. The van der Waals surface area contributed by atoms with E-state index >= 15 is 0 Å². The number of nitrogens with two attached hydrogens (primary N) is 1. The molecule has 5 rings (SSSR count). The molecule has 1 heterocycles. The quantitative estimate of drug-likeness (QED) is 0.381. The van der Waals surface area contributed by atoms with Crippen LogP contribution in [0, 0.1) is 6.92 Å². The molecular formula is C29H31N5O. The molecule has 0 bridgehead atoms. The zero-order valence-corrected chi connectivity index (χ0v) is 20.2. The summed E-state index contributed by atoms with van der Waals surface area (Å²) in [6, 6.07) is 29.0. The number of hydrogen-bond acceptors (Lipinski definition) is 4. The van der Waals surface area contributed by atoms with E-state index in [9.17, 15) is 4.79 Å². The van der Waals surface area contributed by atoms with Crippen LogP contribution in [0.3, 0.4) is 0 Å². The normalized spacial score (nSPS) is 14.2. The van der Waals surface area contributed by atoms with Crippen molar-refractivity contribution >= 4 is 11.6 Å². The highest BCUT2D eigenvalue weighted by atomic mass is 16.2. The second-order valence-corrected chi connectivity index (χ2v) is 9.25. The van der Waals surface area contributed by atoms with Gasteiger partial charge in [-0.2, -0.15) is 5.10 Å². The third kappa shape index (κ3) is 5.04. The summed E-state index contributed by atoms with van der Waals surface area (Å²) in [4.78, 5) is 15.8. The van der Waals surface area contributed by atoms with Crippen molar-refractivity contribution in [3.8, 4) is 5.69 Å². The number of aromatic nitrogens is 2. The summed E-state index contributed by atoms with van der Waals surface area (Å²) in [5.74, 6) is -0.201. The summed E-state index contributed by atoms with van der Waals surface area (Å²) in [7, 11) is 2.19. The average molecular weight is 466 g/mol. The molecule has 1 aromatic heterocycles. The predicted octanol–water partition coefficient (Wildman–Crippen LogP) is 5.08. The summed E-state index contributed by atoms with van der Waals surface area (Å²) in [6.07, 6.45) is 2.45. The molecule has 1 fully saturated rings. The molecule has 0 aliphatic heterocycles. The second-order valence-electron chi connectivity index (χ2n) is 9.25. The van der Waals surface area contributed by atoms with Crippen LogP contribution in [0.2, 0.25) is 0 Å². The fourth-order valence-electron chi connectivity index (χ4n) is 4.65. The van der Waals surface area contributed by atoms with E-state index in [0.29, 0.717) is 18.3 Å². The van der Waals surface area contributed by atoms with Crippen LogP contribution in [0.4, 0.5) is 5.69 Å². The Balaban J connectivity index is 1.44. The molecule has 0 radical (unpaired) electrons. The number of carbonyl (C=O) groups excluding carboxylic acids is 1. The van der Waals surface area contributed by atoms with E-state index in [0.717, 1.165) is 28.2 Å². The van der Waals surface area contributed by atoms with Gasteiger partial charge in [0.25, 0.3) is 5.91 Å². The Bertz CT molecular complexity index is 1330. The Labute approximate surface area is 206 Å². The molecule has 0 spiro atoms. The molecular weight excluding hydrogens is 434 g/mol. The number of nitrogens with one attached hydrogen (secondary N) is 1.